The molecule has 1 aromatic carbocycles. The van der Waals surface area contributed by atoms with Gasteiger partial charge in [0.25, 0.3) is 0 Å². The molecule has 2 unspecified atom stereocenters. The minimum atomic E-state index is -1.44. The van der Waals surface area contributed by atoms with Gasteiger partial charge < -0.3 is 30.8 Å². The van der Waals surface area contributed by atoms with Crippen molar-refractivity contribution in [3.8, 4) is 11.5 Å². The fourth-order valence-corrected chi connectivity index (χ4v) is 1.66. The van der Waals surface area contributed by atoms with Crippen LogP contribution in [0.4, 0.5) is 0 Å². The number of aromatic hydroxyl groups is 2. The Balaban J connectivity index is 3.05. The number of carboxylic acids is 1. The summed E-state index contributed by atoms with van der Waals surface area (Å²) in [6.45, 7) is 0.447. The van der Waals surface area contributed by atoms with Crippen LogP contribution in [0.15, 0.2) is 12.1 Å². The van der Waals surface area contributed by atoms with Gasteiger partial charge in [-0.3, -0.25) is 0 Å². The van der Waals surface area contributed by atoms with Crippen molar-refractivity contribution in [2.24, 2.45) is 0 Å². The Labute approximate surface area is 109 Å². The standard InChI is InChI=1S/C12H17NO6/c1-13-3-2-8(14)11(17)6-4-7(12(18)19)10(16)5-9(6)15/h4-5,8,11,13-17H,2-3H2,1H3,(H,18,19). The molecule has 106 valence electrons. The minimum absolute atomic E-state index is 0.140. The lowest BCUT2D eigenvalue weighted by molar-refractivity contribution is 0.0126. The molecule has 7 heteroatoms. The van der Waals surface area contributed by atoms with Gasteiger partial charge in [-0.25, -0.2) is 4.79 Å². The molecule has 0 radical (unpaired) electrons. The van der Waals surface area contributed by atoms with Crippen molar-refractivity contribution < 1.29 is 30.3 Å². The highest BCUT2D eigenvalue weighted by molar-refractivity contribution is 5.91. The number of carbonyl (C=O) groups is 1. The molecular formula is C12H17NO6. The molecule has 0 amide bonds. The van der Waals surface area contributed by atoms with E-state index in [4.69, 9.17) is 5.11 Å². The normalized spacial score (nSPS) is 14.1. The van der Waals surface area contributed by atoms with Gasteiger partial charge in [-0.1, -0.05) is 0 Å². The van der Waals surface area contributed by atoms with Gasteiger partial charge in [0.2, 0.25) is 0 Å². The summed E-state index contributed by atoms with van der Waals surface area (Å²) in [5.74, 6) is -2.47. The number of benzene rings is 1. The molecular weight excluding hydrogens is 254 g/mol. The number of phenols is 2. The van der Waals surface area contributed by atoms with Crippen molar-refractivity contribution in [2.75, 3.05) is 13.6 Å². The maximum absolute atomic E-state index is 10.9. The molecule has 19 heavy (non-hydrogen) atoms. The van der Waals surface area contributed by atoms with Crippen molar-refractivity contribution in [1.82, 2.24) is 5.32 Å². The maximum Gasteiger partial charge on any atom is 0.339 e. The van der Waals surface area contributed by atoms with Gasteiger partial charge in [0.15, 0.2) is 0 Å². The number of hydrogen-bond donors (Lipinski definition) is 6. The first-order valence-electron chi connectivity index (χ1n) is 5.68. The van der Waals surface area contributed by atoms with Crippen molar-refractivity contribution >= 4 is 5.97 Å². The molecule has 0 spiro atoms. The summed E-state index contributed by atoms with van der Waals surface area (Å²) in [6.07, 6.45) is -2.38. The largest absolute Gasteiger partial charge is 0.507 e. The average molecular weight is 271 g/mol. The molecule has 0 saturated heterocycles. The van der Waals surface area contributed by atoms with E-state index in [0.29, 0.717) is 6.54 Å². The van der Waals surface area contributed by atoms with Crippen LogP contribution in [0.2, 0.25) is 0 Å². The molecule has 0 aliphatic carbocycles. The van der Waals surface area contributed by atoms with Crippen molar-refractivity contribution in [3.05, 3.63) is 23.3 Å². The predicted octanol–water partition coefficient (Wildman–Crippen LogP) is -0.200. The van der Waals surface area contributed by atoms with Crippen molar-refractivity contribution in [1.29, 1.82) is 0 Å². The number of aliphatic hydroxyl groups excluding tert-OH is 2. The second kappa shape index (κ2) is 6.37. The third-order valence-corrected chi connectivity index (χ3v) is 2.75. The van der Waals surface area contributed by atoms with Gasteiger partial charge in [-0.2, -0.15) is 0 Å². The van der Waals surface area contributed by atoms with Crippen LogP contribution in [0.25, 0.3) is 0 Å². The second-order valence-electron chi connectivity index (χ2n) is 4.14. The summed E-state index contributed by atoms with van der Waals surface area (Å²) in [5.41, 5.74) is -0.591. The van der Waals surface area contributed by atoms with Gasteiger partial charge in [-0.15, -0.1) is 0 Å². The SMILES string of the molecule is CNCCC(O)C(O)c1cc(C(=O)O)c(O)cc1O. The van der Waals surface area contributed by atoms with E-state index in [9.17, 15) is 25.2 Å². The smallest absolute Gasteiger partial charge is 0.339 e. The summed E-state index contributed by atoms with van der Waals surface area (Å²) < 4.78 is 0. The molecule has 0 heterocycles. The number of aliphatic hydroxyl groups is 2. The monoisotopic (exact) mass is 271 g/mol. The summed E-state index contributed by atoms with van der Waals surface area (Å²) in [4.78, 5) is 10.9. The highest BCUT2D eigenvalue weighted by Gasteiger charge is 2.24. The number of rotatable bonds is 6. The van der Waals surface area contributed by atoms with Crippen LogP contribution in [0, 0.1) is 0 Å². The summed E-state index contributed by atoms with van der Waals surface area (Å²) >= 11 is 0. The summed E-state index contributed by atoms with van der Waals surface area (Å²) in [7, 11) is 1.68. The Morgan fingerprint density at radius 2 is 1.89 bits per heavy atom. The number of carboxylic acid groups (broad SMARTS) is 1. The van der Waals surface area contributed by atoms with Crippen molar-refractivity contribution in [3.63, 3.8) is 0 Å². The van der Waals surface area contributed by atoms with E-state index >= 15 is 0 Å². The average Bonchev–Trinajstić information content (AvgIpc) is 2.34. The van der Waals surface area contributed by atoms with Crippen molar-refractivity contribution in [2.45, 2.75) is 18.6 Å². The first-order chi connectivity index (χ1) is 8.88. The number of phenolic OH excluding ortho intramolecular Hbond substituents is 1. The number of aromatic carboxylic acids is 1. The van der Waals surface area contributed by atoms with Gasteiger partial charge >= 0.3 is 5.97 Å². The van der Waals surface area contributed by atoms with Crippen LogP contribution < -0.4 is 5.32 Å². The van der Waals surface area contributed by atoms with E-state index in [2.05, 4.69) is 5.32 Å². The lowest BCUT2D eigenvalue weighted by Gasteiger charge is -2.19. The van der Waals surface area contributed by atoms with Crippen LogP contribution in [0.1, 0.15) is 28.4 Å². The highest BCUT2D eigenvalue weighted by Crippen LogP contribution is 2.33. The fourth-order valence-electron chi connectivity index (χ4n) is 1.66. The first kappa shape index (κ1) is 15.2. The van der Waals surface area contributed by atoms with Crippen LogP contribution in [0.3, 0.4) is 0 Å². The molecule has 7 nitrogen and oxygen atoms in total. The molecule has 0 aromatic heterocycles. The van der Waals surface area contributed by atoms with Crippen LogP contribution in [-0.2, 0) is 0 Å². The quantitative estimate of drug-likeness (QED) is 0.422. The number of hydrogen-bond acceptors (Lipinski definition) is 6. The minimum Gasteiger partial charge on any atom is -0.507 e. The molecule has 0 fully saturated rings. The number of nitrogens with one attached hydrogen (secondary N) is 1. The van der Waals surface area contributed by atoms with E-state index in [1.165, 1.54) is 0 Å². The lowest BCUT2D eigenvalue weighted by atomic mass is 9.98. The van der Waals surface area contributed by atoms with Crippen LogP contribution >= 0.6 is 0 Å². The van der Waals surface area contributed by atoms with Gasteiger partial charge in [0.1, 0.15) is 23.2 Å². The van der Waals surface area contributed by atoms with Crippen LogP contribution in [-0.4, -0.2) is 51.2 Å². The van der Waals surface area contributed by atoms with Crippen LogP contribution in [0.5, 0.6) is 11.5 Å². The molecule has 0 aliphatic rings. The molecule has 1 rings (SSSR count). The van der Waals surface area contributed by atoms with E-state index in [1.807, 2.05) is 0 Å². The Morgan fingerprint density at radius 3 is 2.42 bits per heavy atom. The Bertz CT molecular complexity index is 462. The second-order valence-corrected chi connectivity index (χ2v) is 4.14. The zero-order chi connectivity index (χ0) is 14.6. The zero-order valence-corrected chi connectivity index (χ0v) is 10.4. The zero-order valence-electron chi connectivity index (χ0n) is 10.4. The topological polar surface area (TPSA) is 130 Å². The summed E-state index contributed by atoms with van der Waals surface area (Å²) in [6, 6.07) is 1.77. The summed E-state index contributed by atoms with van der Waals surface area (Å²) in [5, 5.41) is 50.2. The van der Waals surface area contributed by atoms with E-state index in [0.717, 1.165) is 12.1 Å². The molecule has 0 saturated carbocycles. The molecule has 0 bridgehead atoms. The van der Waals surface area contributed by atoms with E-state index < -0.39 is 35.2 Å². The third-order valence-electron chi connectivity index (χ3n) is 2.75. The van der Waals surface area contributed by atoms with E-state index in [-0.39, 0.29) is 12.0 Å². The Hall–Kier alpha value is -1.83. The fraction of sp³-hybridized carbons (Fsp3) is 0.417. The highest BCUT2D eigenvalue weighted by atomic mass is 16.4. The molecule has 1 aromatic rings. The predicted molar refractivity (Wildman–Crippen MR) is 66.2 cm³/mol. The Morgan fingerprint density at radius 1 is 1.26 bits per heavy atom. The Kier molecular flexibility index (Phi) is 5.11. The molecule has 2 atom stereocenters. The lowest BCUT2D eigenvalue weighted by Crippen LogP contribution is -2.23. The van der Waals surface area contributed by atoms with E-state index in [1.54, 1.807) is 7.05 Å². The third kappa shape index (κ3) is 3.57. The van der Waals surface area contributed by atoms with Gasteiger partial charge in [0, 0.05) is 11.6 Å². The molecule has 6 N–H and O–H groups in total. The first-order valence-corrected chi connectivity index (χ1v) is 5.68. The maximum atomic E-state index is 10.9. The van der Waals surface area contributed by atoms with Gasteiger partial charge in [0.05, 0.1) is 6.10 Å². The van der Waals surface area contributed by atoms with Gasteiger partial charge in [-0.05, 0) is 26.1 Å². The molecule has 0 aliphatic heterocycles.